The van der Waals surface area contributed by atoms with E-state index < -0.39 is 22.5 Å². The summed E-state index contributed by atoms with van der Waals surface area (Å²) in [4.78, 5) is 43.6. The molecule has 1 aliphatic heterocycles. The molecular formula is C33H27BrN4O7S. The number of esters is 1. The lowest BCUT2D eigenvalue weighted by Gasteiger charge is -2.24. The summed E-state index contributed by atoms with van der Waals surface area (Å²) in [6, 6.07) is 18.0. The second-order valence-corrected chi connectivity index (χ2v) is 11.9. The van der Waals surface area contributed by atoms with E-state index in [4.69, 9.17) is 19.5 Å². The molecule has 0 spiro atoms. The number of halogens is 1. The number of ether oxygens (including phenoxy) is 3. The monoisotopic (exact) mass is 702 g/mol. The van der Waals surface area contributed by atoms with Crippen molar-refractivity contribution < 1.29 is 23.9 Å². The third-order valence-electron chi connectivity index (χ3n) is 7.03. The molecule has 5 rings (SSSR count). The van der Waals surface area contributed by atoms with Crippen LogP contribution in [-0.4, -0.2) is 28.7 Å². The van der Waals surface area contributed by atoms with E-state index in [1.807, 2.05) is 13.0 Å². The van der Waals surface area contributed by atoms with Gasteiger partial charge in [0.15, 0.2) is 4.80 Å². The lowest BCUT2D eigenvalue weighted by Crippen LogP contribution is -2.39. The molecule has 11 nitrogen and oxygen atoms in total. The quantitative estimate of drug-likeness (QED) is 0.123. The number of hydrogen-bond donors (Lipinski definition) is 0. The van der Waals surface area contributed by atoms with Crippen LogP contribution in [-0.2, 0) is 16.1 Å². The van der Waals surface area contributed by atoms with Gasteiger partial charge in [-0.2, -0.15) is 5.26 Å². The molecule has 1 aliphatic rings. The van der Waals surface area contributed by atoms with Crippen LogP contribution in [0.1, 0.15) is 49.1 Å². The highest BCUT2D eigenvalue weighted by Crippen LogP contribution is 2.37. The molecule has 0 saturated heterocycles. The molecule has 234 valence electrons. The van der Waals surface area contributed by atoms with Crippen molar-refractivity contribution in [2.75, 3.05) is 13.2 Å². The van der Waals surface area contributed by atoms with Crippen molar-refractivity contribution >= 4 is 45.0 Å². The minimum absolute atomic E-state index is 0.0261. The molecule has 3 aromatic carbocycles. The molecule has 0 fully saturated rings. The molecule has 0 unspecified atom stereocenters. The average molecular weight is 704 g/mol. The topological polar surface area (TPSA) is 146 Å². The van der Waals surface area contributed by atoms with Crippen molar-refractivity contribution in [3.8, 4) is 17.6 Å². The van der Waals surface area contributed by atoms with E-state index in [0.717, 1.165) is 16.9 Å². The van der Waals surface area contributed by atoms with Crippen LogP contribution in [0.5, 0.6) is 11.5 Å². The van der Waals surface area contributed by atoms with Crippen LogP contribution in [0.4, 0.5) is 5.69 Å². The smallest absolute Gasteiger partial charge is 0.338 e. The summed E-state index contributed by atoms with van der Waals surface area (Å²) in [5.74, 6) is 0.0970. The first-order valence-electron chi connectivity index (χ1n) is 14.2. The van der Waals surface area contributed by atoms with Gasteiger partial charge < -0.3 is 14.2 Å². The summed E-state index contributed by atoms with van der Waals surface area (Å²) in [7, 11) is 0. The SMILES string of the molecule is CCOC(=O)C1=C(C)N=c2s/c(=C\c3cc(Br)c(OCc4ccc(C#N)cc4)c([N+](=O)[O-])c3)c(=O)n2[C@@H]1c1ccc(OCC)cc1. The Hall–Kier alpha value is -5.06. The van der Waals surface area contributed by atoms with Crippen LogP contribution in [0, 0.1) is 21.4 Å². The highest BCUT2D eigenvalue weighted by Gasteiger charge is 2.33. The lowest BCUT2D eigenvalue weighted by atomic mass is 9.96. The van der Waals surface area contributed by atoms with Crippen LogP contribution in [0.15, 0.2) is 86.2 Å². The zero-order valence-corrected chi connectivity index (χ0v) is 27.4. The number of benzene rings is 3. The fourth-order valence-corrected chi connectivity index (χ4v) is 6.59. The molecule has 0 radical (unpaired) electrons. The van der Waals surface area contributed by atoms with E-state index in [1.165, 1.54) is 10.6 Å². The predicted molar refractivity (Wildman–Crippen MR) is 174 cm³/mol. The zero-order valence-electron chi connectivity index (χ0n) is 25.0. The van der Waals surface area contributed by atoms with Gasteiger partial charge in [0.2, 0.25) is 5.75 Å². The fourth-order valence-electron chi connectivity index (χ4n) is 4.96. The molecule has 46 heavy (non-hydrogen) atoms. The van der Waals surface area contributed by atoms with E-state index in [9.17, 15) is 19.7 Å². The Labute approximate surface area is 275 Å². The Bertz CT molecular complexity index is 2080. The van der Waals surface area contributed by atoms with Crippen LogP contribution >= 0.6 is 27.3 Å². The Balaban J connectivity index is 1.57. The second kappa shape index (κ2) is 13.9. The molecular weight excluding hydrogens is 676 g/mol. The molecule has 4 aromatic rings. The van der Waals surface area contributed by atoms with Crippen molar-refractivity contribution in [1.29, 1.82) is 5.26 Å². The summed E-state index contributed by atoms with van der Waals surface area (Å²) in [6.45, 7) is 5.95. The van der Waals surface area contributed by atoms with E-state index in [2.05, 4.69) is 20.9 Å². The van der Waals surface area contributed by atoms with Gasteiger partial charge in [0.25, 0.3) is 5.56 Å². The number of nitriles is 1. The fraction of sp³-hybridized carbons (Fsp3) is 0.212. The second-order valence-electron chi connectivity index (χ2n) is 10.0. The van der Waals surface area contributed by atoms with Crippen LogP contribution in [0.25, 0.3) is 6.08 Å². The number of nitro groups is 1. The van der Waals surface area contributed by atoms with Gasteiger partial charge in [0.05, 0.1) is 56.1 Å². The van der Waals surface area contributed by atoms with Crippen molar-refractivity contribution in [2.45, 2.75) is 33.4 Å². The van der Waals surface area contributed by atoms with Gasteiger partial charge in [-0.05, 0) is 89.8 Å². The standard InChI is InChI=1S/C33H27BrN4O7S/c1-4-43-24-12-10-23(11-13-24)29-28(32(40)44-5-2)19(3)36-33-37(29)31(39)27(46-33)16-22-14-25(34)30(26(15-22)38(41)42)45-18-21-8-6-20(17-35)7-9-21/h6-16,29H,4-5,18H2,1-3H3/b27-16-/t29-/m1/s1. The van der Waals surface area contributed by atoms with Crippen LogP contribution in [0.2, 0.25) is 0 Å². The summed E-state index contributed by atoms with van der Waals surface area (Å²) in [6.07, 6.45) is 1.55. The molecule has 0 saturated carbocycles. The Morgan fingerprint density at radius 1 is 1.13 bits per heavy atom. The lowest BCUT2D eigenvalue weighted by molar-refractivity contribution is -0.386. The number of carbonyl (C=O) groups excluding carboxylic acids is 1. The summed E-state index contributed by atoms with van der Waals surface area (Å²) >= 11 is 4.51. The third kappa shape index (κ3) is 6.63. The number of hydrogen-bond acceptors (Lipinski definition) is 10. The first-order chi connectivity index (χ1) is 22.1. The Kier molecular flexibility index (Phi) is 9.79. The maximum Gasteiger partial charge on any atom is 0.338 e. The number of nitrogens with zero attached hydrogens (tertiary/aromatic N) is 4. The molecule has 0 amide bonds. The van der Waals surface area contributed by atoms with Crippen LogP contribution < -0.4 is 24.4 Å². The van der Waals surface area contributed by atoms with Crippen molar-refractivity contribution in [3.05, 3.63) is 128 Å². The van der Waals surface area contributed by atoms with Gasteiger partial charge in [-0.1, -0.05) is 35.6 Å². The van der Waals surface area contributed by atoms with Gasteiger partial charge in [-0.15, -0.1) is 0 Å². The minimum atomic E-state index is -0.813. The average Bonchev–Trinajstić information content (AvgIpc) is 3.34. The van der Waals surface area contributed by atoms with Gasteiger partial charge in [0, 0.05) is 6.07 Å². The molecule has 0 bridgehead atoms. The third-order valence-corrected chi connectivity index (χ3v) is 8.60. The molecule has 0 aliphatic carbocycles. The zero-order chi connectivity index (χ0) is 33.0. The number of carbonyl (C=O) groups is 1. The van der Waals surface area contributed by atoms with Crippen LogP contribution in [0.3, 0.4) is 0 Å². The Morgan fingerprint density at radius 2 is 1.85 bits per heavy atom. The summed E-state index contributed by atoms with van der Waals surface area (Å²) in [5, 5.41) is 21.1. The number of thiazole rings is 1. The summed E-state index contributed by atoms with van der Waals surface area (Å²) in [5.41, 5.74) is 2.21. The first kappa shape index (κ1) is 32.3. The van der Waals surface area contributed by atoms with E-state index in [-0.39, 0.29) is 34.8 Å². The highest BCUT2D eigenvalue weighted by molar-refractivity contribution is 9.10. The molecule has 2 heterocycles. The van der Waals surface area contributed by atoms with Gasteiger partial charge in [0.1, 0.15) is 12.4 Å². The number of nitro benzene ring substituents is 1. The maximum absolute atomic E-state index is 14.0. The molecule has 0 N–H and O–H groups in total. The van der Waals surface area contributed by atoms with E-state index in [0.29, 0.717) is 44.0 Å². The largest absolute Gasteiger partial charge is 0.494 e. The Morgan fingerprint density at radius 3 is 2.48 bits per heavy atom. The van der Waals surface area contributed by atoms with E-state index >= 15 is 0 Å². The summed E-state index contributed by atoms with van der Waals surface area (Å²) < 4.78 is 18.8. The van der Waals surface area contributed by atoms with Gasteiger partial charge in [-0.3, -0.25) is 19.5 Å². The van der Waals surface area contributed by atoms with Gasteiger partial charge in [-0.25, -0.2) is 9.79 Å². The normalized spacial score (nSPS) is 14.2. The number of fused-ring (bicyclic) bond motifs is 1. The van der Waals surface area contributed by atoms with E-state index in [1.54, 1.807) is 74.5 Å². The van der Waals surface area contributed by atoms with Crippen molar-refractivity contribution in [3.63, 3.8) is 0 Å². The number of aromatic nitrogens is 1. The predicted octanol–water partition coefficient (Wildman–Crippen LogP) is 5.32. The minimum Gasteiger partial charge on any atom is -0.494 e. The molecule has 13 heteroatoms. The molecule has 1 atom stereocenters. The molecule has 1 aromatic heterocycles. The first-order valence-corrected chi connectivity index (χ1v) is 15.8. The van der Waals surface area contributed by atoms with Crippen molar-refractivity contribution in [1.82, 2.24) is 4.57 Å². The highest BCUT2D eigenvalue weighted by atomic mass is 79.9. The van der Waals surface area contributed by atoms with Crippen molar-refractivity contribution in [2.24, 2.45) is 4.99 Å². The number of allylic oxidation sites excluding steroid dienone is 1. The number of rotatable bonds is 10. The van der Waals surface area contributed by atoms with Gasteiger partial charge >= 0.3 is 11.7 Å². The maximum atomic E-state index is 14.0.